The van der Waals surface area contributed by atoms with Crippen LogP contribution in [0.1, 0.15) is 24.3 Å². The molecule has 0 saturated carbocycles. The Morgan fingerprint density at radius 1 is 1.06 bits per heavy atom. The van der Waals surface area contributed by atoms with Crippen molar-refractivity contribution in [3.05, 3.63) is 66.2 Å². The quantitative estimate of drug-likeness (QED) is 0.257. The highest BCUT2D eigenvalue weighted by Gasteiger charge is 2.29. The molecule has 1 heterocycles. The largest absolute Gasteiger partial charge is 0.396 e. The van der Waals surface area contributed by atoms with Crippen LogP contribution >= 0.6 is 24.0 Å². The van der Waals surface area contributed by atoms with Crippen LogP contribution in [0.2, 0.25) is 0 Å². The standard InChI is InChI=1S/C23H32N4O3S.HI/c1-24-23(26-17-21(18-28)20-8-4-2-5-9-20)25-16-19-12-14-27(15-13-19)31(29,30)22-10-6-3-7-11-22;/h2-11,19,21,28H,12-18H2,1H3,(H2,24,25,26);1H. The zero-order valence-corrected chi connectivity index (χ0v) is 21.5. The summed E-state index contributed by atoms with van der Waals surface area (Å²) in [6.45, 7) is 2.41. The number of hydrogen-bond donors (Lipinski definition) is 3. The fraction of sp³-hybridized carbons (Fsp3) is 0.435. The van der Waals surface area contributed by atoms with E-state index in [1.165, 1.54) is 0 Å². The van der Waals surface area contributed by atoms with E-state index < -0.39 is 10.0 Å². The second-order valence-electron chi connectivity index (χ2n) is 7.78. The van der Waals surface area contributed by atoms with Crippen LogP contribution in [0.25, 0.3) is 0 Å². The van der Waals surface area contributed by atoms with Gasteiger partial charge in [-0.1, -0.05) is 48.5 Å². The van der Waals surface area contributed by atoms with Gasteiger partial charge in [-0.2, -0.15) is 4.31 Å². The van der Waals surface area contributed by atoms with Gasteiger partial charge in [-0.3, -0.25) is 4.99 Å². The number of nitrogens with zero attached hydrogens (tertiary/aromatic N) is 2. The van der Waals surface area contributed by atoms with E-state index in [1.54, 1.807) is 35.6 Å². The molecule has 2 aromatic rings. The van der Waals surface area contributed by atoms with E-state index in [-0.39, 0.29) is 36.5 Å². The number of aliphatic hydroxyl groups is 1. The molecule has 1 aliphatic rings. The molecule has 1 fully saturated rings. The van der Waals surface area contributed by atoms with Crippen LogP contribution in [0.5, 0.6) is 0 Å². The van der Waals surface area contributed by atoms with Crippen molar-refractivity contribution in [2.75, 3.05) is 39.8 Å². The molecule has 0 spiro atoms. The lowest BCUT2D eigenvalue weighted by atomic mass is 9.98. The molecule has 1 atom stereocenters. The predicted molar refractivity (Wildman–Crippen MR) is 139 cm³/mol. The lowest BCUT2D eigenvalue weighted by molar-refractivity contribution is 0.264. The minimum Gasteiger partial charge on any atom is -0.396 e. The Kier molecular flexibility index (Phi) is 10.9. The van der Waals surface area contributed by atoms with Crippen molar-refractivity contribution < 1.29 is 13.5 Å². The van der Waals surface area contributed by atoms with Crippen molar-refractivity contribution in [2.45, 2.75) is 23.7 Å². The van der Waals surface area contributed by atoms with Crippen molar-refractivity contribution in [2.24, 2.45) is 10.9 Å². The summed E-state index contributed by atoms with van der Waals surface area (Å²) >= 11 is 0. The topological polar surface area (TPSA) is 94.0 Å². The van der Waals surface area contributed by atoms with Gasteiger partial charge in [0, 0.05) is 39.1 Å². The van der Waals surface area contributed by atoms with E-state index in [1.807, 2.05) is 36.4 Å². The molecule has 1 unspecified atom stereocenters. The summed E-state index contributed by atoms with van der Waals surface area (Å²) in [7, 11) is -1.69. The molecule has 0 bridgehead atoms. The summed E-state index contributed by atoms with van der Waals surface area (Å²) in [5.74, 6) is 1.06. The average molecular weight is 573 g/mol. The normalized spacial score (nSPS) is 16.8. The highest BCUT2D eigenvalue weighted by Crippen LogP contribution is 2.23. The first kappa shape index (κ1) is 26.6. The molecule has 176 valence electrons. The van der Waals surface area contributed by atoms with E-state index in [0.29, 0.717) is 36.4 Å². The number of aliphatic imine (C=N–C) groups is 1. The van der Waals surface area contributed by atoms with Crippen LogP contribution in [0, 0.1) is 5.92 Å². The number of rotatable bonds is 8. The third kappa shape index (κ3) is 7.16. The Morgan fingerprint density at radius 3 is 2.22 bits per heavy atom. The zero-order valence-electron chi connectivity index (χ0n) is 18.4. The van der Waals surface area contributed by atoms with Crippen LogP contribution in [-0.2, 0) is 10.0 Å². The maximum atomic E-state index is 12.8. The van der Waals surface area contributed by atoms with Crippen LogP contribution in [0.15, 0.2) is 70.6 Å². The molecule has 1 saturated heterocycles. The molecule has 0 aliphatic carbocycles. The maximum absolute atomic E-state index is 12.8. The fourth-order valence-electron chi connectivity index (χ4n) is 3.79. The third-order valence-electron chi connectivity index (χ3n) is 5.74. The van der Waals surface area contributed by atoms with Crippen molar-refractivity contribution >= 4 is 40.0 Å². The van der Waals surface area contributed by atoms with E-state index in [2.05, 4.69) is 15.6 Å². The first-order chi connectivity index (χ1) is 15.0. The first-order valence-corrected chi connectivity index (χ1v) is 12.1. The Labute approximate surface area is 208 Å². The summed E-state index contributed by atoms with van der Waals surface area (Å²) in [6.07, 6.45) is 1.61. The van der Waals surface area contributed by atoms with Crippen LogP contribution in [0.4, 0.5) is 0 Å². The summed E-state index contributed by atoms with van der Waals surface area (Å²) in [5, 5.41) is 16.3. The van der Waals surface area contributed by atoms with Gasteiger partial charge in [0.05, 0.1) is 11.5 Å². The number of sulfonamides is 1. The molecular weight excluding hydrogens is 539 g/mol. The highest BCUT2D eigenvalue weighted by molar-refractivity contribution is 14.0. The van der Waals surface area contributed by atoms with Gasteiger partial charge in [0.1, 0.15) is 0 Å². The molecule has 1 aliphatic heterocycles. The second kappa shape index (κ2) is 13.1. The number of guanidine groups is 1. The van der Waals surface area contributed by atoms with Gasteiger partial charge in [0.15, 0.2) is 5.96 Å². The van der Waals surface area contributed by atoms with E-state index in [0.717, 1.165) is 24.9 Å². The van der Waals surface area contributed by atoms with E-state index in [4.69, 9.17) is 0 Å². The van der Waals surface area contributed by atoms with Gasteiger partial charge in [0.2, 0.25) is 10.0 Å². The Hall–Kier alpha value is -1.69. The molecule has 0 radical (unpaired) electrons. The van der Waals surface area contributed by atoms with E-state index >= 15 is 0 Å². The number of aliphatic hydroxyl groups excluding tert-OH is 1. The van der Waals surface area contributed by atoms with Crippen molar-refractivity contribution in [1.29, 1.82) is 0 Å². The van der Waals surface area contributed by atoms with Gasteiger partial charge >= 0.3 is 0 Å². The molecule has 7 nitrogen and oxygen atoms in total. The van der Waals surface area contributed by atoms with Gasteiger partial charge in [-0.25, -0.2) is 8.42 Å². The van der Waals surface area contributed by atoms with Gasteiger partial charge in [-0.05, 0) is 36.5 Å². The molecular formula is C23H33IN4O3S. The minimum atomic E-state index is -3.42. The lowest BCUT2D eigenvalue weighted by Crippen LogP contribution is -2.45. The SMILES string of the molecule is CN=C(NCC1CCN(S(=O)(=O)c2ccccc2)CC1)NCC(CO)c1ccccc1.I. The molecule has 3 rings (SSSR count). The molecule has 3 N–H and O–H groups in total. The number of nitrogens with one attached hydrogen (secondary N) is 2. The van der Waals surface area contributed by atoms with Gasteiger partial charge < -0.3 is 15.7 Å². The monoisotopic (exact) mass is 572 g/mol. The molecule has 2 aromatic carbocycles. The molecule has 0 amide bonds. The smallest absolute Gasteiger partial charge is 0.243 e. The number of benzene rings is 2. The average Bonchev–Trinajstić information content (AvgIpc) is 2.83. The molecule has 0 aromatic heterocycles. The third-order valence-corrected chi connectivity index (χ3v) is 7.66. The van der Waals surface area contributed by atoms with Crippen molar-refractivity contribution in [3.63, 3.8) is 0 Å². The van der Waals surface area contributed by atoms with E-state index in [9.17, 15) is 13.5 Å². The Morgan fingerprint density at radius 2 is 1.66 bits per heavy atom. The highest BCUT2D eigenvalue weighted by atomic mass is 127. The number of hydrogen-bond acceptors (Lipinski definition) is 4. The zero-order chi connectivity index (χ0) is 22.1. The van der Waals surface area contributed by atoms with Gasteiger partial charge in [-0.15, -0.1) is 24.0 Å². The first-order valence-electron chi connectivity index (χ1n) is 10.7. The molecule has 9 heteroatoms. The van der Waals surface area contributed by atoms with Crippen LogP contribution in [0.3, 0.4) is 0 Å². The summed E-state index contributed by atoms with van der Waals surface area (Å²) in [5.41, 5.74) is 1.08. The minimum absolute atomic E-state index is 0. The fourth-order valence-corrected chi connectivity index (χ4v) is 5.28. The summed E-state index contributed by atoms with van der Waals surface area (Å²) in [6, 6.07) is 18.5. The Balaban J connectivity index is 0.00000363. The number of halogens is 1. The Bertz CT molecular complexity index is 934. The summed E-state index contributed by atoms with van der Waals surface area (Å²) in [4.78, 5) is 4.63. The maximum Gasteiger partial charge on any atom is 0.243 e. The predicted octanol–water partition coefficient (Wildman–Crippen LogP) is 2.65. The second-order valence-corrected chi connectivity index (χ2v) is 9.72. The van der Waals surface area contributed by atoms with Crippen LogP contribution < -0.4 is 10.6 Å². The summed E-state index contributed by atoms with van der Waals surface area (Å²) < 4.78 is 27.1. The van der Waals surface area contributed by atoms with Crippen molar-refractivity contribution in [3.8, 4) is 0 Å². The van der Waals surface area contributed by atoms with Crippen LogP contribution in [-0.4, -0.2) is 63.6 Å². The lowest BCUT2D eigenvalue weighted by Gasteiger charge is -2.31. The number of piperidine rings is 1. The van der Waals surface area contributed by atoms with Gasteiger partial charge in [0.25, 0.3) is 0 Å². The molecule has 32 heavy (non-hydrogen) atoms. The van der Waals surface area contributed by atoms with Crippen molar-refractivity contribution in [1.82, 2.24) is 14.9 Å².